The van der Waals surface area contributed by atoms with Crippen molar-refractivity contribution < 1.29 is 14.3 Å². The van der Waals surface area contributed by atoms with E-state index in [-0.39, 0.29) is 5.78 Å². The average molecular weight is 368 g/mol. The van der Waals surface area contributed by atoms with Crippen LogP contribution >= 0.6 is 27.3 Å². The summed E-state index contributed by atoms with van der Waals surface area (Å²) in [6.45, 7) is 4.71. The molecule has 1 aliphatic rings. The van der Waals surface area contributed by atoms with Crippen LogP contribution < -0.4 is 9.47 Å². The summed E-state index contributed by atoms with van der Waals surface area (Å²) < 4.78 is 12.3. The number of hydrogen-bond donors (Lipinski definition) is 0. The number of aromatic nitrogens is 1. The SMILES string of the molecule is CC(=O)c1sc(-c2cc(Br)c3c(c2)OCCCO3)nc1C. The summed E-state index contributed by atoms with van der Waals surface area (Å²) in [6, 6.07) is 3.88. The highest BCUT2D eigenvalue weighted by molar-refractivity contribution is 9.10. The maximum atomic E-state index is 11.6. The Morgan fingerprint density at radius 2 is 2.10 bits per heavy atom. The van der Waals surface area contributed by atoms with Crippen LogP contribution in [0, 0.1) is 6.92 Å². The highest BCUT2D eigenvalue weighted by atomic mass is 79.9. The Hall–Kier alpha value is -1.40. The molecule has 0 saturated heterocycles. The van der Waals surface area contributed by atoms with E-state index in [0.29, 0.717) is 23.8 Å². The second kappa shape index (κ2) is 5.77. The van der Waals surface area contributed by atoms with Gasteiger partial charge in [-0.3, -0.25) is 4.79 Å². The molecule has 0 radical (unpaired) electrons. The average Bonchev–Trinajstić information content (AvgIpc) is 2.68. The quantitative estimate of drug-likeness (QED) is 0.744. The summed E-state index contributed by atoms with van der Waals surface area (Å²) in [5.41, 5.74) is 1.69. The molecule has 1 aromatic heterocycles. The Bertz CT molecular complexity index is 711. The predicted octanol–water partition coefficient (Wildman–Crippen LogP) is 4.24. The van der Waals surface area contributed by atoms with Crippen molar-refractivity contribution in [3.63, 3.8) is 0 Å². The monoisotopic (exact) mass is 367 g/mol. The van der Waals surface area contributed by atoms with E-state index in [1.165, 1.54) is 11.3 Å². The number of ether oxygens (including phenoxy) is 2. The van der Waals surface area contributed by atoms with Gasteiger partial charge in [-0.1, -0.05) is 0 Å². The number of benzene rings is 1. The van der Waals surface area contributed by atoms with Gasteiger partial charge in [0.1, 0.15) is 5.01 Å². The van der Waals surface area contributed by atoms with Gasteiger partial charge in [0.05, 0.1) is 28.3 Å². The summed E-state index contributed by atoms with van der Waals surface area (Å²) in [5, 5.41) is 0.814. The number of aryl methyl sites for hydroxylation is 1. The topological polar surface area (TPSA) is 48.4 Å². The molecule has 2 heterocycles. The van der Waals surface area contributed by atoms with Crippen molar-refractivity contribution in [3.05, 3.63) is 27.2 Å². The lowest BCUT2D eigenvalue weighted by atomic mass is 10.2. The van der Waals surface area contributed by atoms with Crippen LogP contribution in [-0.4, -0.2) is 24.0 Å². The molecule has 4 nitrogen and oxygen atoms in total. The number of thiazole rings is 1. The van der Waals surface area contributed by atoms with Crippen molar-refractivity contribution in [1.29, 1.82) is 0 Å². The molecule has 21 heavy (non-hydrogen) atoms. The summed E-state index contributed by atoms with van der Waals surface area (Å²) in [4.78, 5) is 16.8. The van der Waals surface area contributed by atoms with E-state index in [0.717, 1.165) is 32.9 Å². The predicted molar refractivity (Wildman–Crippen MR) is 85.6 cm³/mol. The normalized spacial score (nSPS) is 13.9. The zero-order valence-corrected chi connectivity index (χ0v) is 14.1. The Morgan fingerprint density at radius 3 is 2.81 bits per heavy atom. The van der Waals surface area contributed by atoms with Gasteiger partial charge >= 0.3 is 0 Å². The Balaban J connectivity index is 2.07. The molecule has 0 bridgehead atoms. The number of carbonyl (C=O) groups is 1. The molecule has 0 unspecified atom stereocenters. The summed E-state index contributed by atoms with van der Waals surface area (Å²) in [5.74, 6) is 1.50. The minimum absolute atomic E-state index is 0.0460. The van der Waals surface area contributed by atoms with E-state index in [4.69, 9.17) is 9.47 Å². The molecular weight excluding hydrogens is 354 g/mol. The summed E-state index contributed by atoms with van der Waals surface area (Å²) in [6.07, 6.45) is 0.862. The smallest absolute Gasteiger partial charge is 0.175 e. The highest BCUT2D eigenvalue weighted by Crippen LogP contribution is 2.42. The van der Waals surface area contributed by atoms with Gasteiger partial charge in [0.2, 0.25) is 0 Å². The zero-order valence-electron chi connectivity index (χ0n) is 11.7. The second-order valence-electron chi connectivity index (χ2n) is 4.83. The van der Waals surface area contributed by atoms with Crippen LogP contribution in [0.4, 0.5) is 0 Å². The fraction of sp³-hybridized carbons (Fsp3) is 0.333. The van der Waals surface area contributed by atoms with Crippen LogP contribution in [0.5, 0.6) is 11.5 Å². The van der Waals surface area contributed by atoms with Crippen molar-refractivity contribution in [2.24, 2.45) is 0 Å². The zero-order chi connectivity index (χ0) is 15.0. The maximum absolute atomic E-state index is 11.6. The first-order valence-electron chi connectivity index (χ1n) is 6.64. The lowest BCUT2D eigenvalue weighted by molar-refractivity contribution is 0.102. The van der Waals surface area contributed by atoms with E-state index in [2.05, 4.69) is 20.9 Å². The molecule has 6 heteroatoms. The first kappa shape index (κ1) is 14.5. The fourth-order valence-electron chi connectivity index (χ4n) is 2.20. The standard InChI is InChI=1S/C15H14BrNO3S/c1-8-14(9(2)18)21-15(17-8)10-6-11(16)13-12(7-10)19-4-3-5-20-13/h6-7H,3-5H2,1-2H3. The fourth-order valence-corrected chi connectivity index (χ4v) is 3.71. The van der Waals surface area contributed by atoms with E-state index in [1.54, 1.807) is 6.92 Å². The molecule has 3 rings (SSSR count). The van der Waals surface area contributed by atoms with Gasteiger partial charge in [0, 0.05) is 18.9 Å². The van der Waals surface area contributed by atoms with Crippen LogP contribution in [0.15, 0.2) is 16.6 Å². The van der Waals surface area contributed by atoms with Crippen molar-refractivity contribution in [2.75, 3.05) is 13.2 Å². The third-order valence-electron chi connectivity index (χ3n) is 3.17. The van der Waals surface area contributed by atoms with Gasteiger partial charge in [-0.15, -0.1) is 11.3 Å². The molecule has 110 valence electrons. The van der Waals surface area contributed by atoms with Gasteiger partial charge in [-0.05, 0) is 35.0 Å². The number of ketones is 1. The molecular formula is C15H14BrNO3S. The molecule has 0 spiro atoms. The Kier molecular flexibility index (Phi) is 3.99. The number of rotatable bonds is 2. The molecule has 1 aliphatic heterocycles. The van der Waals surface area contributed by atoms with E-state index in [9.17, 15) is 4.79 Å². The third-order valence-corrected chi connectivity index (χ3v) is 5.06. The number of nitrogens with zero attached hydrogens (tertiary/aromatic N) is 1. The lowest BCUT2D eigenvalue weighted by Gasteiger charge is -2.10. The maximum Gasteiger partial charge on any atom is 0.175 e. The van der Waals surface area contributed by atoms with Crippen molar-refractivity contribution in [3.8, 4) is 22.1 Å². The van der Waals surface area contributed by atoms with Gasteiger partial charge in [0.15, 0.2) is 17.3 Å². The Morgan fingerprint density at radius 1 is 1.33 bits per heavy atom. The van der Waals surface area contributed by atoms with E-state index < -0.39 is 0 Å². The molecule has 0 atom stereocenters. The molecule has 1 aromatic carbocycles. The van der Waals surface area contributed by atoms with Crippen LogP contribution in [0.1, 0.15) is 28.7 Å². The van der Waals surface area contributed by atoms with Crippen molar-refractivity contribution >= 4 is 33.0 Å². The molecule has 0 fully saturated rings. The van der Waals surface area contributed by atoms with Gasteiger partial charge in [-0.2, -0.15) is 0 Å². The van der Waals surface area contributed by atoms with Crippen molar-refractivity contribution in [2.45, 2.75) is 20.3 Å². The van der Waals surface area contributed by atoms with Gasteiger partial charge in [0.25, 0.3) is 0 Å². The molecule has 0 N–H and O–H groups in total. The van der Waals surface area contributed by atoms with E-state index in [1.807, 2.05) is 19.1 Å². The first-order valence-corrected chi connectivity index (χ1v) is 8.25. The number of hydrogen-bond acceptors (Lipinski definition) is 5. The Labute approximate surface area is 135 Å². The molecule has 0 saturated carbocycles. The summed E-state index contributed by atoms with van der Waals surface area (Å²) >= 11 is 4.93. The minimum Gasteiger partial charge on any atom is -0.489 e. The van der Waals surface area contributed by atoms with Crippen LogP contribution in [0.25, 0.3) is 10.6 Å². The van der Waals surface area contributed by atoms with Crippen LogP contribution in [0.3, 0.4) is 0 Å². The first-order chi connectivity index (χ1) is 10.1. The highest BCUT2D eigenvalue weighted by Gasteiger charge is 2.19. The molecule has 0 amide bonds. The lowest BCUT2D eigenvalue weighted by Crippen LogP contribution is -1.97. The number of fused-ring (bicyclic) bond motifs is 1. The molecule has 0 aliphatic carbocycles. The number of halogens is 1. The minimum atomic E-state index is 0.0460. The van der Waals surface area contributed by atoms with Gasteiger partial charge in [-0.25, -0.2) is 4.98 Å². The summed E-state index contributed by atoms with van der Waals surface area (Å²) in [7, 11) is 0. The third kappa shape index (κ3) is 2.82. The van der Waals surface area contributed by atoms with E-state index >= 15 is 0 Å². The van der Waals surface area contributed by atoms with Crippen molar-refractivity contribution in [1.82, 2.24) is 4.98 Å². The largest absolute Gasteiger partial charge is 0.489 e. The number of Topliss-reactive ketones (excluding diaryl/α,β-unsaturated/α-hetero) is 1. The van der Waals surface area contributed by atoms with Crippen LogP contribution in [-0.2, 0) is 0 Å². The van der Waals surface area contributed by atoms with Crippen LogP contribution in [0.2, 0.25) is 0 Å². The number of carbonyl (C=O) groups excluding carboxylic acids is 1. The second-order valence-corrected chi connectivity index (χ2v) is 6.68. The molecule has 2 aromatic rings. The van der Waals surface area contributed by atoms with Gasteiger partial charge < -0.3 is 9.47 Å².